The number of aliphatic hydroxyl groups is 2. The van der Waals surface area contributed by atoms with Crippen molar-refractivity contribution in [1.29, 1.82) is 26.3 Å². The molecule has 1 atom stereocenters. The first-order valence-corrected chi connectivity index (χ1v) is 33.7. The third-order valence-electron chi connectivity index (χ3n) is 15.9. The zero-order chi connectivity index (χ0) is 71.1. The molecule has 4 heterocycles. The van der Waals surface area contributed by atoms with Gasteiger partial charge in [-0.05, 0) is 162 Å². The molecule has 1 unspecified atom stereocenters. The molecule has 0 bridgehead atoms. The van der Waals surface area contributed by atoms with Crippen molar-refractivity contribution >= 4 is 70.7 Å². The van der Waals surface area contributed by atoms with Crippen LogP contribution in [0.25, 0.3) is 35.2 Å². The number of thiophene rings is 2. The van der Waals surface area contributed by atoms with Gasteiger partial charge < -0.3 is 39.0 Å². The molecular weight excluding hydrogens is 1280 g/mol. The number of halogens is 3. The van der Waals surface area contributed by atoms with Crippen LogP contribution in [0, 0.1) is 63.2 Å². The van der Waals surface area contributed by atoms with Crippen LogP contribution >= 0.6 is 22.7 Å². The van der Waals surface area contributed by atoms with Gasteiger partial charge in [-0.3, -0.25) is 4.79 Å². The number of ether oxygens (including phenoxy) is 4. The molecule has 0 amide bonds. The summed E-state index contributed by atoms with van der Waals surface area (Å²) in [6.07, 6.45) is 14.2. The summed E-state index contributed by atoms with van der Waals surface area (Å²) < 4.78 is 65.8. The van der Waals surface area contributed by atoms with Gasteiger partial charge in [0.1, 0.15) is 60.7 Å². The normalized spacial score (nSPS) is 14.5. The smallest absolute Gasteiger partial charge is 0.430 e. The third-order valence-corrected chi connectivity index (χ3v) is 17.9. The third kappa shape index (κ3) is 21.3. The maximum Gasteiger partial charge on any atom is 0.430 e. The summed E-state index contributed by atoms with van der Waals surface area (Å²) in [5, 5.41) is 63.4. The number of benzene rings is 4. The molecular formula is C78H79F3N8O7S2. The Balaban J connectivity index is 0.000000268. The van der Waals surface area contributed by atoms with Gasteiger partial charge in [0, 0.05) is 94.2 Å². The molecule has 0 radical (unpaired) electrons. The molecule has 8 rings (SSSR count). The molecule has 98 heavy (non-hydrogen) atoms. The Kier molecular flexibility index (Phi) is 30.0. The van der Waals surface area contributed by atoms with Gasteiger partial charge in [0.05, 0.1) is 17.0 Å². The van der Waals surface area contributed by atoms with E-state index in [0.717, 1.165) is 150 Å². The number of rotatable bonds is 29. The molecule has 2 N–H and O–H groups in total. The van der Waals surface area contributed by atoms with Gasteiger partial charge in [-0.1, -0.05) is 93.4 Å². The molecule has 2 aliphatic heterocycles. The van der Waals surface area contributed by atoms with Gasteiger partial charge in [0.2, 0.25) is 11.3 Å². The summed E-state index contributed by atoms with van der Waals surface area (Å²) in [5.41, 5.74) is 1.80. The number of allylic oxidation sites excluding steroid dienone is 3. The van der Waals surface area contributed by atoms with Crippen LogP contribution in [0.1, 0.15) is 139 Å². The summed E-state index contributed by atoms with van der Waals surface area (Å²) in [4.78, 5) is 22.1. The number of anilines is 2. The number of aliphatic hydroxyl groups excluding tert-OH is 2. The Morgan fingerprint density at radius 3 is 1.42 bits per heavy atom. The molecule has 0 fully saturated rings. The minimum absolute atomic E-state index is 0.102. The maximum atomic E-state index is 14.2. The number of carbonyl (C=O) groups is 1. The first-order valence-electron chi connectivity index (χ1n) is 32.1. The van der Waals surface area contributed by atoms with Gasteiger partial charge in [-0.2, -0.15) is 39.5 Å². The zero-order valence-corrected chi connectivity index (χ0v) is 57.5. The van der Waals surface area contributed by atoms with E-state index in [2.05, 4.69) is 64.9 Å². The standard InChI is InChI=1S/C39H37F3N4O3S.C28H33NO3S.C11H9N3O/c1-4-5-21-46(22-9-10-23-47)31-15-13-29(35(24-31)48-27-28-11-7-6-8-12-28)14-16-32-17-18-33(50-32)19-20-34-36(45-3)37(30(25-43)26-44)49-38(34,2)39(40,41)42;1-2-3-17-29(18-7-8-19-30)25-13-11-24(12-14-26-15-16-27(21-31)33-26)28(20-25)32-22-23-9-5-4-6-10-23;1-7-9(6-14)10(8(4-12)5-13)15-11(7,2)3/h6-8,11-20,24,47H,4-5,9-10,21-23,27H2,1-2H3;4-6,9-16,20-21,30H,2-3,7-8,17-19,22H2,1H3;1-3H3/b16-14+,20-19+;14-12+;. The van der Waals surface area contributed by atoms with Crippen molar-refractivity contribution in [3.8, 4) is 41.8 Å². The predicted octanol–water partition coefficient (Wildman–Crippen LogP) is 18.3. The van der Waals surface area contributed by atoms with Crippen LogP contribution < -0.4 is 19.3 Å². The number of hydrogen-bond acceptors (Lipinski definition) is 16. The molecule has 506 valence electrons. The van der Waals surface area contributed by atoms with Crippen molar-refractivity contribution < 1.29 is 47.1 Å². The second-order valence-corrected chi connectivity index (χ2v) is 25.5. The number of hydrogen-bond donors (Lipinski definition) is 2. The van der Waals surface area contributed by atoms with Gasteiger partial charge in [-0.25, -0.2) is 4.85 Å². The predicted molar refractivity (Wildman–Crippen MR) is 381 cm³/mol. The van der Waals surface area contributed by atoms with E-state index in [1.165, 1.54) is 47.0 Å². The first-order chi connectivity index (χ1) is 47.3. The molecule has 20 heteroatoms. The Morgan fingerprint density at radius 2 is 1.02 bits per heavy atom. The maximum absolute atomic E-state index is 14.2. The molecule has 4 aromatic carbocycles. The SMILES string of the molecule is CC1=C(C#N)C(=C(C#N)C#N)OC1(C)C.CCCCN(CCCCO)c1ccc(/C=C/c2ccc(C=O)s2)c(OCc2ccccc2)c1.[C-]#[N+]C1=C(/C=C/c2ccc(/C=C/c3ccc(N(CCCC)CCCCO)cc3OCc3ccccc3)s2)C(C)(C(F)(F)F)OC1=C(C#N)C#N. The van der Waals surface area contributed by atoms with Crippen molar-refractivity contribution in [2.45, 2.75) is 124 Å². The van der Waals surface area contributed by atoms with Crippen molar-refractivity contribution in [3.63, 3.8) is 0 Å². The van der Waals surface area contributed by atoms with E-state index in [1.54, 1.807) is 39.0 Å². The minimum Gasteiger partial charge on any atom is -0.488 e. The van der Waals surface area contributed by atoms with Crippen LogP contribution in [-0.2, 0) is 22.7 Å². The molecule has 0 saturated carbocycles. The van der Waals surface area contributed by atoms with Crippen LogP contribution in [0.5, 0.6) is 11.5 Å². The second kappa shape index (κ2) is 38.4. The fraction of sp³-hybridized carbons (Fsp3) is 0.321. The first kappa shape index (κ1) is 76.6. The van der Waals surface area contributed by atoms with Crippen molar-refractivity contribution in [1.82, 2.24) is 0 Å². The molecule has 2 aromatic heterocycles. The van der Waals surface area contributed by atoms with E-state index in [9.17, 15) is 38.7 Å². The lowest BCUT2D eigenvalue weighted by atomic mass is 9.94. The molecule has 6 aromatic rings. The summed E-state index contributed by atoms with van der Waals surface area (Å²) in [5.74, 6) is 0.967. The molecule has 15 nitrogen and oxygen atoms in total. The summed E-state index contributed by atoms with van der Waals surface area (Å²) >= 11 is 2.80. The van der Waals surface area contributed by atoms with Crippen LogP contribution in [0.2, 0.25) is 0 Å². The van der Waals surface area contributed by atoms with Crippen LogP contribution in [0.4, 0.5) is 24.5 Å². The lowest BCUT2D eigenvalue weighted by Crippen LogP contribution is -2.43. The van der Waals surface area contributed by atoms with Gasteiger partial charge in [0.15, 0.2) is 29.0 Å². The molecule has 2 aliphatic rings. The van der Waals surface area contributed by atoms with E-state index in [1.807, 2.05) is 109 Å². The Bertz CT molecular complexity index is 4150. The van der Waals surface area contributed by atoms with Gasteiger partial charge in [0.25, 0.3) is 0 Å². The lowest BCUT2D eigenvalue weighted by molar-refractivity contribution is -0.236. The highest BCUT2D eigenvalue weighted by molar-refractivity contribution is 7.14. The van der Waals surface area contributed by atoms with Crippen molar-refractivity contribution in [2.24, 2.45) is 0 Å². The monoisotopic (exact) mass is 1360 g/mol. The molecule has 0 saturated heterocycles. The average molecular weight is 1360 g/mol. The highest BCUT2D eigenvalue weighted by atomic mass is 32.1. The van der Waals surface area contributed by atoms with E-state index in [-0.39, 0.29) is 30.1 Å². The number of aldehydes is 1. The topological polar surface area (TPSA) is 224 Å². The fourth-order valence-electron chi connectivity index (χ4n) is 10.1. The minimum atomic E-state index is -4.92. The Morgan fingerprint density at radius 1 is 0.592 bits per heavy atom. The van der Waals surface area contributed by atoms with E-state index in [4.69, 9.17) is 41.3 Å². The molecule has 0 spiro atoms. The van der Waals surface area contributed by atoms with E-state index in [0.29, 0.717) is 23.8 Å². The fourth-order valence-corrected chi connectivity index (χ4v) is 11.6. The van der Waals surface area contributed by atoms with Crippen molar-refractivity contribution in [2.75, 3.05) is 49.2 Å². The number of unbranched alkanes of at least 4 members (excludes halogenated alkanes) is 4. The van der Waals surface area contributed by atoms with Crippen LogP contribution in [0.3, 0.4) is 0 Å². The molecule has 0 aliphatic carbocycles. The number of nitriles is 5. The number of alkyl halides is 3. The van der Waals surface area contributed by atoms with Crippen molar-refractivity contribution in [3.05, 3.63) is 226 Å². The number of carbonyl (C=O) groups excluding carboxylic acids is 1. The zero-order valence-electron chi connectivity index (χ0n) is 55.9. The van der Waals surface area contributed by atoms with Gasteiger partial charge in [-0.15, -0.1) is 22.7 Å². The quantitative estimate of drug-likeness (QED) is 0.0193. The van der Waals surface area contributed by atoms with E-state index < -0.39 is 40.0 Å². The van der Waals surface area contributed by atoms with Gasteiger partial charge >= 0.3 is 6.18 Å². The summed E-state index contributed by atoms with van der Waals surface area (Å²) in [6.45, 7) is 22.9. The highest BCUT2D eigenvalue weighted by Gasteiger charge is 2.60. The largest absolute Gasteiger partial charge is 0.488 e. The number of nitrogens with zero attached hydrogens (tertiary/aromatic N) is 8. The Hall–Kier alpha value is -10.4. The summed E-state index contributed by atoms with van der Waals surface area (Å²) in [6, 6.07) is 48.3. The van der Waals surface area contributed by atoms with E-state index >= 15 is 0 Å². The van der Waals surface area contributed by atoms with Crippen LogP contribution in [-0.4, -0.2) is 73.3 Å². The average Bonchev–Trinajstić information content (AvgIpc) is 1.59. The lowest BCUT2D eigenvalue weighted by Gasteiger charge is -2.29. The van der Waals surface area contributed by atoms with Crippen LogP contribution in [0.15, 0.2) is 172 Å². The summed E-state index contributed by atoms with van der Waals surface area (Å²) in [7, 11) is 0. The second-order valence-electron chi connectivity index (χ2n) is 23.2. The highest BCUT2D eigenvalue weighted by Crippen LogP contribution is 2.50. The Labute approximate surface area is 581 Å².